The molecular weight excluding hydrogens is 492 g/mol. The van der Waals surface area contributed by atoms with Gasteiger partial charge in [0.05, 0.1) is 0 Å². The number of benzene rings is 1. The fourth-order valence-electron chi connectivity index (χ4n) is 4.35. The Bertz CT molecular complexity index is 1330. The van der Waals surface area contributed by atoms with Crippen molar-refractivity contribution in [2.75, 3.05) is 13.1 Å². The number of pyridine rings is 2. The molecule has 12 heteroatoms. The summed E-state index contributed by atoms with van der Waals surface area (Å²) >= 11 is 0. The van der Waals surface area contributed by atoms with Crippen molar-refractivity contribution >= 4 is 41.4 Å². The number of nitrogens with two attached hydrogens (primary N) is 1. The van der Waals surface area contributed by atoms with Gasteiger partial charge in [0, 0.05) is 30.2 Å². The molecule has 0 saturated carbocycles. The minimum absolute atomic E-state index is 0. The summed E-state index contributed by atoms with van der Waals surface area (Å²) in [5, 5.41) is 19.1. The van der Waals surface area contributed by atoms with Crippen LogP contribution in [-0.4, -0.2) is 54.4 Å². The van der Waals surface area contributed by atoms with Crippen molar-refractivity contribution in [3.8, 4) is 17.3 Å². The number of halogens is 5. The summed E-state index contributed by atoms with van der Waals surface area (Å²) < 4.78 is 43.8. The van der Waals surface area contributed by atoms with Gasteiger partial charge in [-0.3, -0.25) is 9.30 Å². The van der Waals surface area contributed by atoms with Gasteiger partial charge in [-0.1, -0.05) is 24.3 Å². The van der Waals surface area contributed by atoms with Crippen LogP contribution in [0.5, 0.6) is 5.75 Å². The summed E-state index contributed by atoms with van der Waals surface area (Å²) in [6, 6.07) is 9.66. The number of rotatable bonds is 3. The number of phenolic OH excluding ortho intramolecular Hbond substituents is 1. The van der Waals surface area contributed by atoms with Crippen LogP contribution >= 0.6 is 24.8 Å². The topological polar surface area (TPSA) is 92.6 Å². The molecule has 3 aromatic heterocycles. The Kier molecular flexibility index (Phi) is 7.01. The molecule has 2 atom stereocenters. The van der Waals surface area contributed by atoms with Gasteiger partial charge in [0.1, 0.15) is 23.0 Å². The third-order valence-electron chi connectivity index (χ3n) is 5.88. The molecule has 0 radical (unpaired) electrons. The second-order valence-corrected chi connectivity index (χ2v) is 8.58. The first-order valence-electron chi connectivity index (χ1n) is 10.2. The van der Waals surface area contributed by atoms with E-state index in [0.29, 0.717) is 23.3 Å². The van der Waals surface area contributed by atoms with Crippen LogP contribution in [0.15, 0.2) is 48.7 Å². The van der Waals surface area contributed by atoms with Crippen LogP contribution in [0.3, 0.4) is 0 Å². The average Bonchev–Trinajstić information content (AvgIpc) is 3.30. The van der Waals surface area contributed by atoms with E-state index in [0.717, 1.165) is 5.39 Å². The van der Waals surface area contributed by atoms with E-state index < -0.39 is 17.8 Å². The number of hydrogen-bond donors (Lipinski definition) is 2. The average molecular weight is 515 g/mol. The number of aromatic hydroxyl groups is 1. The highest BCUT2D eigenvalue weighted by atomic mass is 35.5. The fraction of sp³-hybridized carbons (Fsp3) is 0.318. The molecule has 34 heavy (non-hydrogen) atoms. The van der Waals surface area contributed by atoms with Crippen molar-refractivity contribution in [2.24, 2.45) is 5.73 Å². The lowest BCUT2D eigenvalue weighted by atomic mass is 10.0. The van der Waals surface area contributed by atoms with E-state index in [1.54, 1.807) is 31.2 Å². The number of aromatic nitrogens is 4. The third-order valence-corrected chi connectivity index (χ3v) is 5.88. The fourth-order valence-corrected chi connectivity index (χ4v) is 4.35. The van der Waals surface area contributed by atoms with Gasteiger partial charge in [-0.05, 0) is 37.1 Å². The molecule has 3 N–H and O–H groups in total. The molecule has 4 heterocycles. The molecule has 1 fully saturated rings. The van der Waals surface area contributed by atoms with Crippen molar-refractivity contribution in [1.29, 1.82) is 0 Å². The van der Waals surface area contributed by atoms with E-state index in [1.165, 1.54) is 33.7 Å². The lowest BCUT2D eigenvalue weighted by molar-refractivity contribution is -0.184. The van der Waals surface area contributed by atoms with E-state index in [1.807, 2.05) is 0 Å². The van der Waals surface area contributed by atoms with E-state index in [4.69, 9.17) is 5.73 Å². The highest BCUT2D eigenvalue weighted by molar-refractivity contribution is 5.86. The molecule has 182 valence electrons. The lowest BCUT2D eigenvalue weighted by Crippen LogP contribution is -2.43. The molecular formula is C22H23Cl2F3N6O. The quantitative estimate of drug-likeness (QED) is 0.417. The normalized spacial score (nSPS) is 19.7. The Hall–Kier alpha value is -2.66. The van der Waals surface area contributed by atoms with E-state index in [9.17, 15) is 18.3 Å². The second-order valence-electron chi connectivity index (χ2n) is 8.58. The molecule has 0 bridgehead atoms. The van der Waals surface area contributed by atoms with Crippen LogP contribution in [0.4, 0.5) is 13.2 Å². The van der Waals surface area contributed by atoms with Crippen LogP contribution in [-0.2, 0) is 0 Å². The second kappa shape index (κ2) is 9.18. The minimum Gasteiger partial charge on any atom is -0.506 e. The molecule has 0 spiro atoms. The minimum atomic E-state index is -4.48. The van der Waals surface area contributed by atoms with Crippen molar-refractivity contribution in [2.45, 2.75) is 31.1 Å². The van der Waals surface area contributed by atoms with Crippen LogP contribution < -0.4 is 5.73 Å². The smallest absolute Gasteiger partial charge is 0.408 e. The highest BCUT2D eigenvalue weighted by Crippen LogP contribution is 2.41. The zero-order valence-electron chi connectivity index (χ0n) is 18.0. The molecule has 4 aromatic rings. The summed E-state index contributed by atoms with van der Waals surface area (Å²) in [6.07, 6.45) is -2.58. The van der Waals surface area contributed by atoms with Crippen molar-refractivity contribution in [3.63, 3.8) is 0 Å². The van der Waals surface area contributed by atoms with Gasteiger partial charge >= 0.3 is 6.18 Å². The maximum absolute atomic E-state index is 14.1. The Morgan fingerprint density at radius 3 is 2.53 bits per heavy atom. The van der Waals surface area contributed by atoms with Gasteiger partial charge in [0.25, 0.3) is 0 Å². The molecule has 0 amide bonds. The summed E-state index contributed by atoms with van der Waals surface area (Å²) in [6.45, 7) is 2.17. The van der Waals surface area contributed by atoms with Gasteiger partial charge in [0.15, 0.2) is 11.5 Å². The van der Waals surface area contributed by atoms with E-state index in [-0.39, 0.29) is 55.0 Å². The molecule has 1 aliphatic rings. The third kappa shape index (κ3) is 4.63. The zero-order valence-corrected chi connectivity index (χ0v) is 19.7. The number of nitrogens with zero attached hydrogens (tertiary/aromatic N) is 5. The number of fused-ring (bicyclic) bond motifs is 2. The first-order valence-corrected chi connectivity index (χ1v) is 10.2. The highest BCUT2D eigenvalue weighted by Gasteiger charge is 2.48. The largest absolute Gasteiger partial charge is 0.506 e. The van der Waals surface area contributed by atoms with E-state index >= 15 is 0 Å². The standard InChI is InChI=1S/C22H21F3N6O.2ClH/c1-21(26)9-10-30(12-21)19(22(23,24)25)14-6-8-17-28-29-20(31(17)11-14)15-7-5-13-3-2-4-16(32)18(13)27-15;;/h2-8,11,19,32H,9-10,12,26H2,1H3;2*1H. The van der Waals surface area contributed by atoms with Crippen LogP contribution in [0.1, 0.15) is 24.9 Å². The van der Waals surface area contributed by atoms with Gasteiger partial charge in [-0.15, -0.1) is 35.0 Å². The Morgan fingerprint density at radius 1 is 1.09 bits per heavy atom. The molecule has 1 aliphatic heterocycles. The first kappa shape index (κ1) is 26.0. The monoisotopic (exact) mass is 514 g/mol. The summed E-state index contributed by atoms with van der Waals surface area (Å²) in [4.78, 5) is 5.84. The van der Waals surface area contributed by atoms with Crippen LogP contribution in [0, 0.1) is 0 Å². The molecule has 0 aliphatic carbocycles. The van der Waals surface area contributed by atoms with Crippen molar-refractivity contribution in [3.05, 3.63) is 54.2 Å². The Labute approximate surface area is 205 Å². The van der Waals surface area contributed by atoms with Crippen LogP contribution in [0.2, 0.25) is 0 Å². The van der Waals surface area contributed by atoms with Crippen molar-refractivity contribution in [1.82, 2.24) is 24.5 Å². The summed E-state index contributed by atoms with van der Waals surface area (Å²) in [5.74, 6) is 0.299. The predicted molar refractivity (Wildman–Crippen MR) is 127 cm³/mol. The Morgan fingerprint density at radius 2 is 1.85 bits per heavy atom. The molecule has 2 unspecified atom stereocenters. The van der Waals surface area contributed by atoms with Crippen molar-refractivity contribution < 1.29 is 18.3 Å². The van der Waals surface area contributed by atoms with E-state index in [2.05, 4.69) is 15.2 Å². The number of likely N-dealkylation sites (tertiary alicyclic amines) is 1. The number of hydrogen-bond acceptors (Lipinski definition) is 6. The molecule has 7 nitrogen and oxygen atoms in total. The summed E-state index contributed by atoms with van der Waals surface area (Å²) in [7, 11) is 0. The molecule has 1 saturated heterocycles. The summed E-state index contributed by atoms with van der Waals surface area (Å²) in [5.41, 5.74) is 6.68. The molecule has 5 rings (SSSR count). The lowest BCUT2D eigenvalue weighted by Gasteiger charge is -2.31. The maximum Gasteiger partial charge on any atom is 0.408 e. The first-order chi connectivity index (χ1) is 15.1. The van der Waals surface area contributed by atoms with Crippen LogP contribution in [0.25, 0.3) is 28.1 Å². The SMILES string of the molecule is CC1(N)CCN(C(c2ccc3nnc(-c4ccc5cccc(O)c5n4)n3c2)C(F)(F)F)C1.Cl.Cl. The Balaban J connectivity index is 0.00000162. The number of alkyl halides is 3. The zero-order chi connectivity index (χ0) is 22.7. The van der Waals surface area contributed by atoms with Gasteiger partial charge < -0.3 is 10.8 Å². The maximum atomic E-state index is 14.1. The van der Waals surface area contributed by atoms with Gasteiger partial charge in [0.2, 0.25) is 0 Å². The number of para-hydroxylation sites is 1. The predicted octanol–water partition coefficient (Wildman–Crippen LogP) is 4.52. The van der Waals surface area contributed by atoms with Gasteiger partial charge in [-0.25, -0.2) is 4.98 Å². The molecule has 1 aromatic carbocycles. The van der Waals surface area contributed by atoms with Gasteiger partial charge in [-0.2, -0.15) is 13.2 Å². The number of phenols is 1.